The summed E-state index contributed by atoms with van der Waals surface area (Å²) < 4.78 is 33.4. The molecular weight excluding hydrogens is 382 g/mol. The summed E-state index contributed by atoms with van der Waals surface area (Å²) in [4.78, 5) is 12.4. The second kappa shape index (κ2) is 6.93. The van der Waals surface area contributed by atoms with Gasteiger partial charge in [0, 0.05) is 23.1 Å². The minimum absolute atomic E-state index is 0.0798. The standard InChI is InChI=1S/C19H15N3O5S/c1-28(24,25)18-9-7-15(21-22-18)12-2-5-14(6-3-12)20-19(23)13-4-8-16-17(10-13)27-11-26-16/h2-10H,11H2,1H3,(H,20,23). The molecule has 1 aromatic heterocycles. The van der Waals surface area contributed by atoms with Crippen molar-refractivity contribution in [2.75, 3.05) is 18.4 Å². The van der Waals surface area contributed by atoms with Crippen molar-refractivity contribution in [3.05, 3.63) is 60.2 Å². The van der Waals surface area contributed by atoms with Gasteiger partial charge in [0.15, 0.2) is 26.4 Å². The Balaban J connectivity index is 1.48. The molecule has 0 unspecified atom stereocenters. The average molecular weight is 397 g/mol. The van der Waals surface area contributed by atoms with Gasteiger partial charge in [-0.3, -0.25) is 4.79 Å². The Bertz CT molecular complexity index is 1140. The average Bonchev–Trinajstić information content (AvgIpc) is 3.16. The molecule has 2 aromatic carbocycles. The highest BCUT2D eigenvalue weighted by Gasteiger charge is 2.16. The van der Waals surface area contributed by atoms with Crippen molar-refractivity contribution in [1.82, 2.24) is 10.2 Å². The summed E-state index contributed by atoms with van der Waals surface area (Å²) in [5.74, 6) is 0.881. The predicted octanol–water partition coefficient (Wildman–Crippen LogP) is 2.53. The van der Waals surface area contributed by atoms with Crippen molar-refractivity contribution >= 4 is 21.4 Å². The molecule has 1 N–H and O–H groups in total. The number of ether oxygens (including phenoxy) is 2. The van der Waals surface area contributed by atoms with E-state index in [1.165, 1.54) is 6.07 Å². The number of aromatic nitrogens is 2. The summed E-state index contributed by atoms with van der Waals surface area (Å²) in [6, 6.07) is 15.0. The van der Waals surface area contributed by atoms with Gasteiger partial charge in [0.25, 0.3) is 5.91 Å². The van der Waals surface area contributed by atoms with Crippen LogP contribution in [0.15, 0.2) is 59.6 Å². The molecule has 0 saturated carbocycles. The van der Waals surface area contributed by atoms with Crippen LogP contribution in [-0.2, 0) is 9.84 Å². The van der Waals surface area contributed by atoms with E-state index >= 15 is 0 Å². The molecule has 0 atom stereocenters. The Hall–Kier alpha value is -3.46. The molecule has 8 nitrogen and oxygen atoms in total. The number of nitrogens with zero attached hydrogens (tertiary/aromatic N) is 2. The van der Waals surface area contributed by atoms with Crippen LogP contribution in [0.25, 0.3) is 11.3 Å². The second-order valence-electron chi connectivity index (χ2n) is 6.13. The van der Waals surface area contributed by atoms with Crippen molar-refractivity contribution in [3.8, 4) is 22.8 Å². The molecule has 2 heterocycles. The predicted molar refractivity (Wildman–Crippen MR) is 101 cm³/mol. The molecule has 0 fully saturated rings. The van der Waals surface area contributed by atoms with Crippen molar-refractivity contribution in [1.29, 1.82) is 0 Å². The highest BCUT2D eigenvalue weighted by molar-refractivity contribution is 7.90. The summed E-state index contributed by atoms with van der Waals surface area (Å²) in [7, 11) is -3.39. The first kappa shape index (κ1) is 17.9. The monoisotopic (exact) mass is 397 g/mol. The summed E-state index contributed by atoms with van der Waals surface area (Å²) in [6.45, 7) is 0.149. The van der Waals surface area contributed by atoms with Crippen LogP contribution in [0.2, 0.25) is 0 Å². The van der Waals surface area contributed by atoms with E-state index in [0.29, 0.717) is 28.4 Å². The van der Waals surface area contributed by atoms with Crippen molar-refractivity contribution in [3.63, 3.8) is 0 Å². The molecule has 0 spiro atoms. The van der Waals surface area contributed by atoms with Gasteiger partial charge in [0.1, 0.15) is 0 Å². The van der Waals surface area contributed by atoms with Crippen LogP contribution in [-0.4, -0.2) is 37.6 Å². The maximum Gasteiger partial charge on any atom is 0.255 e. The number of hydrogen-bond acceptors (Lipinski definition) is 7. The van der Waals surface area contributed by atoms with Gasteiger partial charge >= 0.3 is 0 Å². The minimum Gasteiger partial charge on any atom is -0.454 e. The fourth-order valence-electron chi connectivity index (χ4n) is 2.64. The number of anilines is 1. The Morgan fingerprint density at radius 3 is 2.39 bits per heavy atom. The van der Waals surface area contributed by atoms with Crippen LogP contribution in [0, 0.1) is 0 Å². The third kappa shape index (κ3) is 3.65. The van der Waals surface area contributed by atoms with E-state index in [4.69, 9.17) is 9.47 Å². The number of sulfone groups is 1. The number of amides is 1. The summed E-state index contributed by atoms with van der Waals surface area (Å²) in [5, 5.41) is 10.4. The normalized spacial score (nSPS) is 12.6. The summed E-state index contributed by atoms with van der Waals surface area (Å²) in [5.41, 5.74) is 2.33. The van der Waals surface area contributed by atoms with Crippen molar-refractivity contribution < 1.29 is 22.7 Å². The fourth-order valence-corrected chi connectivity index (χ4v) is 3.14. The van der Waals surface area contributed by atoms with Crippen LogP contribution < -0.4 is 14.8 Å². The van der Waals surface area contributed by atoms with Crippen LogP contribution in [0.1, 0.15) is 10.4 Å². The Morgan fingerprint density at radius 1 is 0.964 bits per heavy atom. The van der Waals surface area contributed by atoms with E-state index in [2.05, 4.69) is 15.5 Å². The number of carbonyl (C=O) groups is 1. The molecular formula is C19H15N3O5S. The molecule has 1 amide bonds. The highest BCUT2D eigenvalue weighted by Crippen LogP contribution is 2.32. The second-order valence-corrected chi connectivity index (χ2v) is 8.09. The molecule has 3 aromatic rings. The number of fused-ring (bicyclic) bond motifs is 1. The quantitative estimate of drug-likeness (QED) is 0.721. The Morgan fingerprint density at radius 2 is 1.71 bits per heavy atom. The molecule has 0 aliphatic carbocycles. The number of benzene rings is 2. The zero-order valence-electron chi connectivity index (χ0n) is 14.7. The summed E-state index contributed by atoms with van der Waals surface area (Å²) in [6.07, 6.45) is 1.08. The van der Waals surface area contributed by atoms with Gasteiger partial charge in [0.05, 0.1) is 5.69 Å². The van der Waals surface area contributed by atoms with E-state index in [-0.39, 0.29) is 17.7 Å². The van der Waals surface area contributed by atoms with E-state index in [9.17, 15) is 13.2 Å². The van der Waals surface area contributed by atoms with Crippen molar-refractivity contribution in [2.24, 2.45) is 0 Å². The lowest BCUT2D eigenvalue weighted by molar-refractivity contribution is 0.102. The van der Waals surface area contributed by atoms with Crippen LogP contribution >= 0.6 is 0 Å². The molecule has 4 rings (SSSR count). The lowest BCUT2D eigenvalue weighted by Crippen LogP contribution is -2.11. The summed E-state index contributed by atoms with van der Waals surface area (Å²) >= 11 is 0. The number of nitrogens with one attached hydrogen (secondary N) is 1. The van der Waals surface area contributed by atoms with E-state index in [1.807, 2.05) is 0 Å². The van der Waals surface area contributed by atoms with Gasteiger partial charge in [-0.2, -0.15) is 0 Å². The molecule has 1 aliphatic rings. The van der Waals surface area contributed by atoms with Gasteiger partial charge in [-0.05, 0) is 42.5 Å². The zero-order chi connectivity index (χ0) is 19.7. The number of carbonyl (C=O) groups excluding carboxylic acids is 1. The topological polar surface area (TPSA) is 107 Å². The molecule has 1 aliphatic heterocycles. The highest BCUT2D eigenvalue weighted by atomic mass is 32.2. The third-order valence-electron chi connectivity index (χ3n) is 4.09. The lowest BCUT2D eigenvalue weighted by atomic mass is 10.1. The van der Waals surface area contributed by atoms with E-state index in [0.717, 1.165) is 11.8 Å². The zero-order valence-corrected chi connectivity index (χ0v) is 15.6. The van der Waals surface area contributed by atoms with E-state index < -0.39 is 9.84 Å². The molecule has 9 heteroatoms. The van der Waals surface area contributed by atoms with Gasteiger partial charge in [-0.25, -0.2) is 8.42 Å². The molecule has 0 bridgehead atoms. The molecule has 142 valence electrons. The maximum absolute atomic E-state index is 12.4. The largest absolute Gasteiger partial charge is 0.454 e. The Kier molecular flexibility index (Phi) is 4.44. The lowest BCUT2D eigenvalue weighted by Gasteiger charge is -2.07. The van der Waals surface area contributed by atoms with Gasteiger partial charge in [-0.15, -0.1) is 10.2 Å². The van der Waals surface area contributed by atoms with Crippen molar-refractivity contribution in [2.45, 2.75) is 5.03 Å². The third-order valence-corrected chi connectivity index (χ3v) is 5.07. The first-order valence-corrected chi connectivity index (χ1v) is 10.1. The van der Waals surface area contributed by atoms with Crippen LogP contribution in [0.3, 0.4) is 0 Å². The smallest absolute Gasteiger partial charge is 0.255 e. The first-order valence-electron chi connectivity index (χ1n) is 8.25. The SMILES string of the molecule is CS(=O)(=O)c1ccc(-c2ccc(NC(=O)c3ccc4c(c3)OCO4)cc2)nn1. The van der Waals surface area contributed by atoms with E-state index in [1.54, 1.807) is 48.5 Å². The minimum atomic E-state index is -3.39. The van der Waals surface area contributed by atoms with Crippen LogP contribution in [0.4, 0.5) is 5.69 Å². The van der Waals surface area contributed by atoms with Crippen LogP contribution in [0.5, 0.6) is 11.5 Å². The first-order chi connectivity index (χ1) is 13.4. The molecule has 0 radical (unpaired) electrons. The molecule has 0 saturated heterocycles. The van der Waals surface area contributed by atoms with Gasteiger partial charge in [0.2, 0.25) is 6.79 Å². The van der Waals surface area contributed by atoms with Gasteiger partial charge < -0.3 is 14.8 Å². The number of hydrogen-bond donors (Lipinski definition) is 1. The molecule has 28 heavy (non-hydrogen) atoms. The number of rotatable bonds is 4. The maximum atomic E-state index is 12.4. The van der Waals surface area contributed by atoms with Gasteiger partial charge in [-0.1, -0.05) is 12.1 Å². The Labute approximate surface area is 161 Å². The fraction of sp³-hybridized carbons (Fsp3) is 0.105.